The van der Waals surface area contributed by atoms with E-state index in [1.807, 2.05) is 0 Å². The van der Waals surface area contributed by atoms with E-state index in [2.05, 4.69) is 55.9 Å². The van der Waals surface area contributed by atoms with Crippen molar-refractivity contribution in [3.8, 4) is 0 Å². The quantitative estimate of drug-likeness (QED) is 0.0507. The summed E-state index contributed by atoms with van der Waals surface area (Å²) in [5, 5.41) is 0. The molecule has 0 atom stereocenters. The van der Waals surface area contributed by atoms with E-state index in [0.717, 1.165) is 0 Å². The first-order valence-electron chi connectivity index (χ1n) is 19.9. The molecule has 0 aromatic rings. The van der Waals surface area contributed by atoms with Crippen molar-refractivity contribution in [2.45, 2.75) is 207 Å². The average molecular weight is 757 g/mol. The number of halogens is 2. The second-order valence-corrected chi connectivity index (χ2v) is 15.1. The molecular weight excluding hydrogens is 668 g/mol. The molecule has 0 saturated heterocycles. The normalized spacial score (nSPS) is 11.5. The van der Waals surface area contributed by atoms with Crippen molar-refractivity contribution in [3.05, 3.63) is 0 Å². The molecule has 0 aliphatic heterocycles. The third kappa shape index (κ3) is 45.0. The van der Waals surface area contributed by atoms with Gasteiger partial charge >= 0.3 is 0 Å². The predicted octanol–water partition coefficient (Wildman–Crippen LogP) is 7.14. The van der Waals surface area contributed by atoms with Crippen molar-refractivity contribution in [3.63, 3.8) is 0 Å². The lowest BCUT2D eigenvalue weighted by Gasteiger charge is -2.28. The summed E-state index contributed by atoms with van der Waals surface area (Å²) in [6.07, 6.45) is 40.8. The lowest BCUT2D eigenvalue weighted by atomic mass is 10.0. The van der Waals surface area contributed by atoms with Crippen LogP contribution in [0.5, 0.6) is 0 Å². The Bertz CT molecular complexity index is 452. The summed E-state index contributed by atoms with van der Waals surface area (Å²) in [7, 11) is 9.40. The first kappa shape index (κ1) is 51.7. The fourth-order valence-corrected chi connectivity index (χ4v) is 5.78. The molecule has 0 saturated carbocycles. The molecule has 0 heterocycles. The van der Waals surface area contributed by atoms with Crippen molar-refractivity contribution >= 4 is 0 Å². The molecule has 0 spiro atoms. The largest absolute Gasteiger partial charge is 1.00 e. The summed E-state index contributed by atoms with van der Waals surface area (Å²) >= 11 is 0. The third-order valence-corrected chi connectivity index (χ3v) is 9.95. The monoisotopic (exact) mass is 755 g/mol. The van der Waals surface area contributed by atoms with Crippen LogP contribution in [0.2, 0.25) is 0 Å². The summed E-state index contributed by atoms with van der Waals surface area (Å²) in [5.74, 6) is 0. The SMILES string of the molecule is CCCCCCCCCCCCCCCC[N+](C)(C)CC.CCCCCCCCCCCCCCCC[N+](C)(C)CC.[Br-].[Br-]. The van der Waals surface area contributed by atoms with E-state index in [1.165, 1.54) is 215 Å². The molecule has 2 nitrogen and oxygen atoms in total. The number of rotatable bonds is 32. The van der Waals surface area contributed by atoms with Crippen LogP contribution in [0.3, 0.4) is 0 Å². The zero-order valence-electron chi connectivity index (χ0n) is 32.3. The Morgan fingerprint density at radius 2 is 0.409 bits per heavy atom. The van der Waals surface area contributed by atoms with E-state index in [4.69, 9.17) is 0 Å². The smallest absolute Gasteiger partial charge is 0.0782 e. The Labute approximate surface area is 303 Å². The minimum Gasteiger partial charge on any atom is -1.00 e. The number of hydrogen-bond donors (Lipinski definition) is 0. The predicted molar refractivity (Wildman–Crippen MR) is 196 cm³/mol. The zero-order chi connectivity index (χ0) is 31.6. The molecule has 0 aliphatic rings. The summed E-state index contributed by atoms with van der Waals surface area (Å²) < 4.78 is 2.39. The van der Waals surface area contributed by atoms with Gasteiger partial charge in [-0.1, -0.05) is 168 Å². The van der Waals surface area contributed by atoms with Crippen molar-refractivity contribution < 1.29 is 42.9 Å². The molecule has 4 heteroatoms. The highest BCUT2D eigenvalue weighted by Gasteiger charge is 2.10. The average Bonchev–Trinajstić information content (AvgIpc) is 2.97. The topological polar surface area (TPSA) is 0 Å². The van der Waals surface area contributed by atoms with Gasteiger partial charge in [0, 0.05) is 0 Å². The van der Waals surface area contributed by atoms with Gasteiger partial charge in [0.1, 0.15) is 0 Å². The van der Waals surface area contributed by atoms with E-state index < -0.39 is 0 Å². The van der Waals surface area contributed by atoms with E-state index in [1.54, 1.807) is 0 Å². The summed E-state index contributed by atoms with van der Waals surface area (Å²) in [6.45, 7) is 14.4. The van der Waals surface area contributed by atoms with E-state index in [-0.39, 0.29) is 34.0 Å². The zero-order valence-corrected chi connectivity index (χ0v) is 35.4. The molecule has 0 bridgehead atoms. The van der Waals surface area contributed by atoms with Crippen LogP contribution in [0.1, 0.15) is 207 Å². The molecule has 0 aromatic carbocycles. The first-order valence-corrected chi connectivity index (χ1v) is 19.9. The van der Waals surface area contributed by atoms with Gasteiger partial charge in [0.25, 0.3) is 0 Å². The van der Waals surface area contributed by atoms with Gasteiger partial charge in [0.05, 0.1) is 54.4 Å². The second kappa shape index (κ2) is 40.1. The van der Waals surface area contributed by atoms with E-state index >= 15 is 0 Å². The maximum absolute atomic E-state index is 2.35. The summed E-state index contributed by atoms with van der Waals surface area (Å²) in [5.41, 5.74) is 0. The lowest BCUT2D eigenvalue weighted by molar-refractivity contribution is -0.888. The van der Waals surface area contributed by atoms with Crippen molar-refractivity contribution in [2.75, 3.05) is 54.4 Å². The maximum atomic E-state index is 2.35. The Kier molecular flexibility index (Phi) is 47.1. The fourth-order valence-electron chi connectivity index (χ4n) is 5.78. The maximum Gasteiger partial charge on any atom is 0.0782 e. The summed E-state index contributed by atoms with van der Waals surface area (Å²) in [6, 6.07) is 0. The van der Waals surface area contributed by atoms with E-state index in [0.29, 0.717) is 0 Å². The Balaban J connectivity index is -0.000000348. The fraction of sp³-hybridized carbons (Fsp3) is 1.00. The van der Waals surface area contributed by atoms with Crippen LogP contribution in [0.15, 0.2) is 0 Å². The van der Waals surface area contributed by atoms with Gasteiger partial charge in [-0.3, -0.25) is 0 Å². The molecular formula is C40H88Br2N2. The van der Waals surface area contributed by atoms with Crippen LogP contribution in [0, 0.1) is 0 Å². The highest BCUT2D eigenvalue weighted by Crippen LogP contribution is 2.15. The van der Waals surface area contributed by atoms with Crippen molar-refractivity contribution in [1.29, 1.82) is 0 Å². The molecule has 0 rings (SSSR count). The van der Waals surface area contributed by atoms with Gasteiger partial charge in [-0.25, -0.2) is 0 Å². The van der Waals surface area contributed by atoms with Crippen LogP contribution >= 0.6 is 0 Å². The van der Waals surface area contributed by atoms with Gasteiger partial charge in [-0.05, 0) is 39.5 Å². The van der Waals surface area contributed by atoms with Crippen LogP contribution < -0.4 is 34.0 Å². The number of quaternary nitrogens is 2. The molecule has 0 N–H and O–H groups in total. The van der Waals surface area contributed by atoms with Gasteiger partial charge in [-0.2, -0.15) is 0 Å². The number of hydrogen-bond acceptors (Lipinski definition) is 0. The molecule has 0 amide bonds. The van der Waals surface area contributed by atoms with Gasteiger partial charge in [0.15, 0.2) is 0 Å². The van der Waals surface area contributed by atoms with Gasteiger partial charge in [0.2, 0.25) is 0 Å². The van der Waals surface area contributed by atoms with Crippen molar-refractivity contribution in [2.24, 2.45) is 0 Å². The highest BCUT2D eigenvalue weighted by molar-refractivity contribution is 4.51. The Morgan fingerprint density at radius 1 is 0.250 bits per heavy atom. The van der Waals surface area contributed by atoms with Crippen LogP contribution in [0.4, 0.5) is 0 Å². The second-order valence-electron chi connectivity index (χ2n) is 15.1. The molecule has 0 aliphatic carbocycles. The molecule has 0 unspecified atom stereocenters. The molecule has 0 radical (unpaired) electrons. The van der Waals surface area contributed by atoms with Crippen molar-refractivity contribution in [1.82, 2.24) is 0 Å². The highest BCUT2D eigenvalue weighted by atomic mass is 79.9. The third-order valence-electron chi connectivity index (χ3n) is 9.95. The van der Waals surface area contributed by atoms with Crippen LogP contribution in [-0.4, -0.2) is 63.3 Å². The first-order chi connectivity index (χ1) is 20.2. The van der Waals surface area contributed by atoms with Crippen LogP contribution in [-0.2, 0) is 0 Å². The summed E-state index contributed by atoms with van der Waals surface area (Å²) in [4.78, 5) is 0. The Hall–Kier alpha value is 0.880. The number of unbranched alkanes of at least 4 members (excludes halogenated alkanes) is 26. The minimum atomic E-state index is 0. The van der Waals surface area contributed by atoms with Gasteiger partial charge in [-0.15, -0.1) is 0 Å². The van der Waals surface area contributed by atoms with E-state index in [9.17, 15) is 0 Å². The molecule has 44 heavy (non-hydrogen) atoms. The molecule has 0 aromatic heterocycles. The minimum absolute atomic E-state index is 0. The Morgan fingerprint density at radius 3 is 0.568 bits per heavy atom. The lowest BCUT2D eigenvalue weighted by Crippen LogP contribution is -3.00. The molecule has 272 valence electrons. The molecule has 0 fully saturated rings. The number of nitrogens with zero attached hydrogens (tertiary/aromatic N) is 2. The van der Waals surface area contributed by atoms with Crippen LogP contribution in [0.25, 0.3) is 0 Å². The standard InChI is InChI=1S/2C20H44N.2BrH/c2*1-5-7-8-9-10-11-12-13-14-15-16-17-18-19-20-21(3,4)6-2;;/h2*5-20H2,1-4H3;2*1H/q2*+1;;/p-2. The van der Waals surface area contributed by atoms with Gasteiger partial charge < -0.3 is 42.9 Å².